The highest BCUT2D eigenvalue weighted by atomic mass is 32.2. The average molecular weight is 621 g/mol. The largest absolute Gasteiger partial charge is 0.376 e. The Balaban J connectivity index is 1.37. The Morgan fingerprint density at radius 2 is 1.86 bits per heavy atom. The lowest BCUT2D eigenvalue weighted by Crippen LogP contribution is -2.57. The van der Waals surface area contributed by atoms with Gasteiger partial charge in [0.05, 0.1) is 18.0 Å². The fourth-order valence-electron chi connectivity index (χ4n) is 7.17. The minimum absolute atomic E-state index is 0.0634. The van der Waals surface area contributed by atoms with Crippen molar-refractivity contribution in [3.05, 3.63) is 65.2 Å². The van der Waals surface area contributed by atoms with Gasteiger partial charge in [0.15, 0.2) is 0 Å². The van der Waals surface area contributed by atoms with Crippen LogP contribution in [0, 0.1) is 17.6 Å². The van der Waals surface area contributed by atoms with Gasteiger partial charge in [-0.05, 0) is 88.1 Å². The van der Waals surface area contributed by atoms with E-state index in [2.05, 4.69) is 16.1 Å². The first-order valence-electron chi connectivity index (χ1n) is 15.2. The molecular weight excluding hydrogens is 578 g/mol. The minimum atomic E-state index is -3.40. The molecule has 3 heterocycles. The van der Waals surface area contributed by atoms with Gasteiger partial charge in [-0.1, -0.05) is 18.2 Å². The van der Waals surface area contributed by atoms with Crippen LogP contribution >= 0.6 is 0 Å². The molecule has 2 aromatic carbocycles. The van der Waals surface area contributed by atoms with Crippen LogP contribution in [0.1, 0.15) is 63.0 Å². The third-order valence-corrected chi connectivity index (χ3v) is 11.1. The van der Waals surface area contributed by atoms with E-state index in [1.807, 2.05) is 13.8 Å². The van der Waals surface area contributed by atoms with E-state index in [1.165, 1.54) is 24.3 Å². The van der Waals surface area contributed by atoms with E-state index in [0.717, 1.165) is 6.42 Å². The molecular formula is C31H42F2N4O5S. The third-order valence-electron chi connectivity index (χ3n) is 9.14. The molecule has 5 rings (SSSR count). The predicted octanol–water partition coefficient (Wildman–Crippen LogP) is 3.94. The van der Waals surface area contributed by atoms with Gasteiger partial charge in [0, 0.05) is 42.3 Å². The molecule has 9 nitrogen and oxygen atoms in total. The van der Waals surface area contributed by atoms with Crippen LogP contribution in [-0.2, 0) is 26.0 Å². The number of halogens is 2. The molecule has 12 heteroatoms. The third kappa shape index (κ3) is 7.43. The van der Waals surface area contributed by atoms with Crippen LogP contribution in [0.2, 0.25) is 0 Å². The number of carbonyl (C=O) groups excluding carboxylic acids is 1. The molecule has 0 radical (unpaired) electrons. The van der Waals surface area contributed by atoms with Crippen LogP contribution in [0.4, 0.5) is 14.5 Å². The number of fused-ring (bicyclic) bond motifs is 2. The summed E-state index contributed by atoms with van der Waals surface area (Å²) in [6, 6.07) is 9.00. The molecule has 236 valence electrons. The van der Waals surface area contributed by atoms with Gasteiger partial charge >= 0.3 is 0 Å². The topological polar surface area (TPSA) is 120 Å². The molecule has 0 saturated carbocycles. The lowest BCUT2D eigenvalue weighted by molar-refractivity contribution is -0.123. The number of nitrogens with zero attached hydrogens (tertiary/aromatic N) is 1. The highest BCUT2D eigenvalue weighted by Crippen LogP contribution is 2.39. The van der Waals surface area contributed by atoms with E-state index in [4.69, 9.17) is 4.74 Å². The van der Waals surface area contributed by atoms with Crippen LogP contribution in [0.3, 0.4) is 0 Å². The molecule has 8 atom stereocenters. The van der Waals surface area contributed by atoms with Crippen molar-refractivity contribution in [1.82, 2.24) is 15.1 Å². The van der Waals surface area contributed by atoms with Crippen LogP contribution in [0.25, 0.3) is 0 Å². The molecule has 3 aliphatic heterocycles. The number of hydrogen-bond donors (Lipinski definition) is 4. The zero-order valence-corrected chi connectivity index (χ0v) is 25.5. The van der Waals surface area contributed by atoms with Gasteiger partial charge in [-0.25, -0.2) is 17.2 Å². The first-order valence-corrected chi connectivity index (χ1v) is 16.8. The van der Waals surface area contributed by atoms with Crippen molar-refractivity contribution in [2.24, 2.45) is 5.92 Å². The molecule has 0 spiro atoms. The normalized spacial score (nSPS) is 30.2. The number of nitrogens with one attached hydrogen (secondary N) is 3. The number of ether oxygens (including phenoxy) is 1. The lowest BCUT2D eigenvalue weighted by atomic mass is 9.74. The quantitative estimate of drug-likeness (QED) is 0.314. The minimum Gasteiger partial charge on any atom is -0.376 e. The maximum absolute atomic E-state index is 15.2. The van der Waals surface area contributed by atoms with Gasteiger partial charge in [-0.15, -0.1) is 0 Å². The summed E-state index contributed by atoms with van der Waals surface area (Å²) in [5.41, 5.74) is 3.42. The van der Waals surface area contributed by atoms with E-state index in [-0.39, 0.29) is 53.6 Å². The number of anilines is 1. The number of sulfonamides is 1. The summed E-state index contributed by atoms with van der Waals surface area (Å²) in [6.45, 7) is 4.82. The molecule has 4 N–H and O–H groups in total. The monoisotopic (exact) mass is 620 g/mol. The standard InChI is InChI=1S/C31H42F2N4O5S/c1-19-15-22(16-20(2)42-19)29(21-8-10-23(32)11-9-21)30(36-39)31(38)35-28-7-3-6-27(33)26(28)13-12-25-17-34-24-5-4-14-43(40,41)37(25)18-24/h3,6-11,19-20,22,24-25,29-30,34,36,39H,4-5,12-18H2,1-2H3,(H,35,38)/t19-,20+,22?,24-,25+,29?,30+/m1/s1. The van der Waals surface area contributed by atoms with Crippen molar-refractivity contribution in [2.75, 3.05) is 24.2 Å². The van der Waals surface area contributed by atoms with Crippen molar-refractivity contribution in [3.8, 4) is 0 Å². The zero-order valence-electron chi connectivity index (χ0n) is 24.6. The molecule has 0 aromatic heterocycles. The number of rotatable bonds is 9. The molecule has 1 amide bonds. The second kappa shape index (κ2) is 13.7. The van der Waals surface area contributed by atoms with E-state index in [1.54, 1.807) is 22.5 Å². The summed E-state index contributed by atoms with van der Waals surface area (Å²) in [4.78, 5) is 13.8. The fourth-order valence-corrected chi connectivity index (χ4v) is 8.98. The van der Waals surface area contributed by atoms with E-state index < -0.39 is 39.5 Å². The highest BCUT2D eigenvalue weighted by molar-refractivity contribution is 7.89. The Kier molecular flexibility index (Phi) is 10.1. The summed E-state index contributed by atoms with van der Waals surface area (Å²) in [6.07, 6.45) is 3.14. The predicted molar refractivity (Wildman–Crippen MR) is 159 cm³/mol. The second-order valence-corrected chi connectivity index (χ2v) is 14.3. The lowest BCUT2D eigenvalue weighted by Gasteiger charge is -2.39. The van der Waals surface area contributed by atoms with Crippen LogP contribution < -0.4 is 16.1 Å². The van der Waals surface area contributed by atoms with Gasteiger partial charge in [0.1, 0.15) is 17.7 Å². The van der Waals surface area contributed by atoms with Crippen molar-refractivity contribution in [1.29, 1.82) is 0 Å². The van der Waals surface area contributed by atoms with Gasteiger partial charge in [0.2, 0.25) is 15.9 Å². The molecule has 0 aliphatic carbocycles. The van der Waals surface area contributed by atoms with Gasteiger partial charge in [0.25, 0.3) is 0 Å². The maximum Gasteiger partial charge on any atom is 0.244 e. The smallest absolute Gasteiger partial charge is 0.244 e. The molecule has 3 saturated heterocycles. The number of piperazine rings is 1. The van der Waals surface area contributed by atoms with Crippen molar-refractivity contribution < 1.29 is 31.9 Å². The number of amides is 1. The number of benzene rings is 2. The Labute approximate surface area is 252 Å². The fraction of sp³-hybridized carbons (Fsp3) is 0.581. The highest BCUT2D eigenvalue weighted by Gasteiger charge is 2.40. The number of carbonyl (C=O) groups is 1. The van der Waals surface area contributed by atoms with Gasteiger partial charge in [-0.2, -0.15) is 9.79 Å². The Bertz CT molecular complexity index is 1370. The molecule has 3 unspecified atom stereocenters. The van der Waals surface area contributed by atoms with Crippen LogP contribution in [0.5, 0.6) is 0 Å². The Hall–Kier alpha value is -2.48. The summed E-state index contributed by atoms with van der Waals surface area (Å²) < 4.78 is 62.3. The van der Waals surface area contributed by atoms with Gasteiger partial charge in [-0.3, -0.25) is 4.79 Å². The molecule has 2 bridgehead atoms. The summed E-state index contributed by atoms with van der Waals surface area (Å²) >= 11 is 0. The van der Waals surface area contributed by atoms with Crippen molar-refractivity contribution in [3.63, 3.8) is 0 Å². The average Bonchev–Trinajstić information content (AvgIpc) is 3.07. The van der Waals surface area contributed by atoms with Crippen molar-refractivity contribution >= 4 is 21.6 Å². The summed E-state index contributed by atoms with van der Waals surface area (Å²) in [5.74, 6) is -1.95. The van der Waals surface area contributed by atoms with Crippen LogP contribution in [-0.4, -0.2) is 73.0 Å². The SMILES string of the molecule is C[C@@H]1CC(C(c2ccc(F)cc2)[C@H](NO)C(=O)Nc2cccc(F)c2CC[C@H]2CN[C@@H]3CCCS(=O)(=O)N2C3)C[C@H](C)O1. The molecule has 3 fully saturated rings. The van der Waals surface area contributed by atoms with E-state index in [0.29, 0.717) is 44.3 Å². The second-order valence-electron chi connectivity index (χ2n) is 12.3. The van der Waals surface area contributed by atoms with E-state index in [9.17, 15) is 22.8 Å². The molecule has 2 aromatic rings. The number of hydrogen-bond acceptors (Lipinski definition) is 7. The Morgan fingerprint density at radius 1 is 1.14 bits per heavy atom. The first-order chi connectivity index (χ1) is 20.6. The van der Waals surface area contributed by atoms with Crippen LogP contribution in [0.15, 0.2) is 42.5 Å². The summed E-state index contributed by atoms with van der Waals surface area (Å²) in [7, 11) is -3.40. The zero-order chi connectivity index (χ0) is 30.7. The first kappa shape index (κ1) is 31.9. The molecule has 3 aliphatic rings. The van der Waals surface area contributed by atoms with Crippen molar-refractivity contribution in [2.45, 2.75) is 88.6 Å². The van der Waals surface area contributed by atoms with E-state index >= 15 is 4.39 Å². The Morgan fingerprint density at radius 3 is 2.56 bits per heavy atom. The van der Waals surface area contributed by atoms with Gasteiger partial charge < -0.3 is 20.6 Å². The number of hydroxylamine groups is 1. The maximum atomic E-state index is 15.2. The summed E-state index contributed by atoms with van der Waals surface area (Å²) in [5, 5.41) is 16.6. The molecule has 43 heavy (non-hydrogen) atoms.